The second kappa shape index (κ2) is 6.43. The lowest BCUT2D eigenvalue weighted by atomic mass is 9.88. The summed E-state index contributed by atoms with van der Waals surface area (Å²) in [5.74, 6) is 0. The summed E-state index contributed by atoms with van der Waals surface area (Å²) < 4.78 is 0. The Morgan fingerprint density at radius 3 is 3.05 bits per heavy atom. The Labute approximate surface area is 132 Å². The molecule has 0 bridgehead atoms. The van der Waals surface area contributed by atoms with Gasteiger partial charge in [-0.2, -0.15) is 0 Å². The molecule has 2 aliphatic carbocycles. The van der Waals surface area contributed by atoms with Crippen molar-refractivity contribution in [2.75, 3.05) is 0 Å². The second-order valence-corrected chi connectivity index (χ2v) is 5.35. The van der Waals surface area contributed by atoms with Crippen LogP contribution in [0.2, 0.25) is 0 Å². The molecule has 1 aromatic heterocycles. The van der Waals surface area contributed by atoms with Gasteiger partial charge in [0, 0.05) is 11.8 Å². The van der Waals surface area contributed by atoms with Gasteiger partial charge in [0.05, 0.1) is 5.69 Å². The fourth-order valence-electron chi connectivity index (χ4n) is 2.90. The van der Waals surface area contributed by atoms with Gasteiger partial charge in [-0.15, -0.1) is 5.73 Å². The van der Waals surface area contributed by atoms with Crippen molar-refractivity contribution in [1.29, 1.82) is 0 Å². The lowest BCUT2D eigenvalue weighted by Gasteiger charge is -2.18. The zero-order valence-corrected chi connectivity index (χ0v) is 12.8. The summed E-state index contributed by atoms with van der Waals surface area (Å²) in [6.07, 6.45) is 20.4. The van der Waals surface area contributed by atoms with Crippen LogP contribution >= 0.6 is 0 Å². The van der Waals surface area contributed by atoms with Crippen LogP contribution < -0.4 is 0 Å². The maximum Gasteiger partial charge on any atom is 0.0740 e. The van der Waals surface area contributed by atoms with E-state index in [0.717, 1.165) is 24.1 Å². The molecule has 0 aromatic carbocycles. The Hall–Kier alpha value is -2.63. The second-order valence-electron chi connectivity index (χ2n) is 5.35. The van der Waals surface area contributed by atoms with Crippen LogP contribution in [-0.4, -0.2) is 4.98 Å². The molecule has 0 unspecified atom stereocenters. The average molecular weight is 285 g/mol. The molecule has 0 saturated carbocycles. The van der Waals surface area contributed by atoms with Crippen LogP contribution in [0.25, 0.3) is 17.7 Å². The molecule has 2 aliphatic rings. The van der Waals surface area contributed by atoms with Gasteiger partial charge in [0.25, 0.3) is 0 Å². The standard InChI is InChI=1S/C21H19N/c1-3-8-17-13-14-22-21(20(17)4-2)19-12-11-16-9-6-5-7-10-18(16)15-19/h3-5,7-10,13-15H,2,11-12H2,1H3/b8-3-. The number of nitrogens with zero attached hydrogens (tertiary/aromatic N) is 1. The molecule has 1 nitrogen and oxygen atoms in total. The van der Waals surface area contributed by atoms with E-state index in [1.807, 2.05) is 43.5 Å². The van der Waals surface area contributed by atoms with E-state index in [1.54, 1.807) is 0 Å². The van der Waals surface area contributed by atoms with Gasteiger partial charge in [-0.1, -0.05) is 37.0 Å². The molecule has 0 saturated heterocycles. The summed E-state index contributed by atoms with van der Waals surface area (Å²) >= 11 is 0. The van der Waals surface area contributed by atoms with Gasteiger partial charge in [-0.05, 0) is 66.3 Å². The summed E-state index contributed by atoms with van der Waals surface area (Å²) in [5.41, 5.74) is 10.4. The molecular weight excluding hydrogens is 266 g/mol. The van der Waals surface area contributed by atoms with Crippen molar-refractivity contribution in [3.63, 3.8) is 0 Å². The van der Waals surface area contributed by atoms with Crippen molar-refractivity contribution < 1.29 is 0 Å². The quantitative estimate of drug-likeness (QED) is 0.667. The zero-order chi connectivity index (χ0) is 15.4. The Bertz CT molecular complexity index is 791. The molecule has 0 spiro atoms. The predicted octanol–water partition coefficient (Wildman–Crippen LogP) is 5.51. The minimum Gasteiger partial charge on any atom is -0.256 e. The van der Waals surface area contributed by atoms with Crippen LogP contribution in [0.4, 0.5) is 0 Å². The molecule has 1 aromatic rings. The lowest BCUT2D eigenvalue weighted by Crippen LogP contribution is -2.01. The number of rotatable bonds is 3. The molecule has 0 aliphatic heterocycles. The van der Waals surface area contributed by atoms with Gasteiger partial charge in [-0.25, -0.2) is 0 Å². The first-order valence-electron chi connectivity index (χ1n) is 7.61. The Kier molecular flexibility index (Phi) is 4.18. The molecule has 3 rings (SSSR count). The fraction of sp³-hybridized carbons (Fsp3) is 0.143. The van der Waals surface area contributed by atoms with Crippen LogP contribution in [0, 0.1) is 0 Å². The van der Waals surface area contributed by atoms with E-state index < -0.39 is 0 Å². The number of pyridine rings is 1. The summed E-state index contributed by atoms with van der Waals surface area (Å²) in [5, 5.41) is 0. The first-order chi connectivity index (χ1) is 10.8. The Morgan fingerprint density at radius 2 is 2.23 bits per heavy atom. The van der Waals surface area contributed by atoms with Gasteiger partial charge < -0.3 is 0 Å². The minimum absolute atomic E-state index is 0.998. The highest BCUT2D eigenvalue weighted by atomic mass is 14.7. The van der Waals surface area contributed by atoms with Crippen LogP contribution in [0.5, 0.6) is 0 Å². The normalized spacial score (nSPS) is 16.7. The van der Waals surface area contributed by atoms with Crippen LogP contribution in [0.1, 0.15) is 36.6 Å². The van der Waals surface area contributed by atoms with Gasteiger partial charge >= 0.3 is 0 Å². The Balaban J connectivity index is 2.10. The van der Waals surface area contributed by atoms with E-state index in [-0.39, 0.29) is 0 Å². The predicted molar refractivity (Wildman–Crippen MR) is 95.1 cm³/mol. The highest BCUT2D eigenvalue weighted by Crippen LogP contribution is 2.34. The zero-order valence-electron chi connectivity index (χ0n) is 12.8. The third kappa shape index (κ3) is 2.72. The minimum atomic E-state index is 0.998. The van der Waals surface area contributed by atoms with Gasteiger partial charge in [0.2, 0.25) is 0 Å². The maximum atomic E-state index is 4.62. The molecule has 0 radical (unpaired) electrons. The van der Waals surface area contributed by atoms with Gasteiger partial charge in [-0.3, -0.25) is 4.98 Å². The smallest absolute Gasteiger partial charge is 0.0740 e. The van der Waals surface area contributed by atoms with Crippen molar-refractivity contribution in [1.82, 2.24) is 4.98 Å². The van der Waals surface area contributed by atoms with E-state index in [4.69, 9.17) is 0 Å². The molecule has 1 heterocycles. The fourth-order valence-corrected chi connectivity index (χ4v) is 2.90. The van der Waals surface area contributed by atoms with Crippen molar-refractivity contribution >= 4 is 17.7 Å². The largest absolute Gasteiger partial charge is 0.256 e. The Morgan fingerprint density at radius 1 is 1.32 bits per heavy atom. The third-order valence-corrected chi connectivity index (χ3v) is 3.97. The number of hydrogen-bond donors (Lipinski definition) is 0. The number of hydrogen-bond acceptors (Lipinski definition) is 1. The maximum absolute atomic E-state index is 4.62. The molecule has 0 fully saturated rings. The highest BCUT2D eigenvalue weighted by Gasteiger charge is 2.16. The van der Waals surface area contributed by atoms with E-state index >= 15 is 0 Å². The highest BCUT2D eigenvalue weighted by molar-refractivity contribution is 5.79. The van der Waals surface area contributed by atoms with Crippen LogP contribution in [-0.2, 0) is 0 Å². The van der Waals surface area contributed by atoms with E-state index in [1.165, 1.54) is 22.3 Å². The summed E-state index contributed by atoms with van der Waals surface area (Å²) in [7, 11) is 0. The summed E-state index contributed by atoms with van der Waals surface area (Å²) in [6, 6.07) is 2.03. The first kappa shape index (κ1) is 14.3. The molecule has 1 heteroatoms. The lowest BCUT2D eigenvalue weighted by molar-refractivity contribution is 0.984. The van der Waals surface area contributed by atoms with Gasteiger partial charge in [0.1, 0.15) is 0 Å². The number of allylic oxidation sites excluding steroid dienone is 8. The van der Waals surface area contributed by atoms with Crippen LogP contribution in [0.15, 0.2) is 72.2 Å². The summed E-state index contributed by atoms with van der Waals surface area (Å²) in [6.45, 7) is 6.00. The first-order valence-corrected chi connectivity index (χ1v) is 7.61. The topological polar surface area (TPSA) is 12.9 Å². The molecular formula is C21H19N. The van der Waals surface area contributed by atoms with Crippen molar-refractivity contribution in [2.24, 2.45) is 0 Å². The van der Waals surface area contributed by atoms with Gasteiger partial charge in [0.15, 0.2) is 0 Å². The van der Waals surface area contributed by atoms with Crippen LogP contribution in [0.3, 0.4) is 0 Å². The van der Waals surface area contributed by atoms with E-state index in [9.17, 15) is 0 Å². The van der Waals surface area contributed by atoms with Crippen molar-refractivity contribution in [2.45, 2.75) is 19.8 Å². The average Bonchev–Trinajstić information content (AvgIpc) is 2.79. The van der Waals surface area contributed by atoms with E-state index in [0.29, 0.717) is 0 Å². The third-order valence-electron chi connectivity index (χ3n) is 3.97. The molecule has 0 atom stereocenters. The molecule has 22 heavy (non-hydrogen) atoms. The monoisotopic (exact) mass is 285 g/mol. The summed E-state index contributed by atoms with van der Waals surface area (Å²) in [4.78, 5) is 4.62. The van der Waals surface area contributed by atoms with Crippen molar-refractivity contribution in [3.05, 3.63) is 89.0 Å². The number of aromatic nitrogens is 1. The SMILES string of the molecule is C=Cc1c(/C=C\C)ccnc1C1=CC2=C(C=C=CC=C2)CC1. The molecule has 0 N–H and O–H groups in total. The van der Waals surface area contributed by atoms with E-state index in [2.05, 4.69) is 41.6 Å². The molecule has 0 amide bonds. The molecule has 108 valence electrons. The van der Waals surface area contributed by atoms with Crippen molar-refractivity contribution in [3.8, 4) is 0 Å².